The predicted molar refractivity (Wildman–Crippen MR) is 120 cm³/mol. The first-order valence-electron chi connectivity index (χ1n) is 10.7. The van der Waals surface area contributed by atoms with Gasteiger partial charge in [-0.3, -0.25) is 9.59 Å². The first kappa shape index (κ1) is 19.4. The van der Waals surface area contributed by atoms with Gasteiger partial charge in [0.15, 0.2) is 0 Å². The summed E-state index contributed by atoms with van der Waals surface area (Å²) in [5.74, 6) is -0.116. The van der Waals surface area contributed by atoms with E-state index in [-0.39, 0.29) is 17.9 Å². The Balaban J connectivity index is 1.55. The third-order valence-electron chi connectivity index (χ3n) is 6.63. The normalized spacial score (nSPS) is 21.9. The number of hydrogen-bond acceptors (Lipinski definition) is 3. The minimum atomic E-state index is -0.938. The van der Waals surface area contributed by atoms with Crippen molar-refractivity contribution in [3.63, 3.8) is 0 Å². The minimum absolute atomic E-state index is 0.0422. The Morgan fingerprint density at radius 1 is 1.23 bits per heavy atom. The highest BCUT2D eigenvalue weighted by Gasteiger charge is 2.48. The lowest BCUT2D eigenvalue weighted by Gasteiger charge is -2.44. The van der Waals surface area contributed by atoms with Gasteiger partial charge in [-0.05, 0) is 49.8 Å². The number of rotatable bonds is 4. The molecule has 0 bridgehead atoms. The molecule has 1 aromatic carbocycles. The molecule has 156 valence electrons. The Labute approximate surface area is 180 Å². The van der Waals surface area contributed by atoms with Gasteiger partial charge in [-0.2, -0.15) is 0 Å². The van der Waals surface area contributed by atoms with E-state index in [1.54, 1.807) is 16.2 Å². The minimum Gasteiger partial charge on any atom is -0.351 e. The Morgan fingerprint density at radius 2 is 2.03 bits per heavy atom. The van der Waals surface area contributed by atoms with E-state index in [1.165, 1.54) is 0 Å². The standard InChI is InChI=1S/C24H27N3O2S/c1-16-6-5-7-17(12-16)14-27-21(28)20-13-18-10-11-30-22(18)26(20)15-24(27,2)23(29)25-19-8-3-4-9-19/h5-7,10-13,19H,3-4,8-9,14-15H2,1-2H3,(H,25,29)/t24-/m0/s1. The van der Waals surface area contributed by atoms with Crippen molar-refractivity contribution in [2.45, 2.75) is 64.2 Å². The van der Waals surface area contributed by atoms with Gasteiger partial charge < -0.3 is 14.8 Å². The first-order valence-corrected chi connectivity index (χ1v) is 11.6. The van der Waals surface area contributed by atoms with Crippen LogP contribution in [0.25, 0.3) is 10.2 Å². The van der Waals surface area contributed by atoms with E-state index in [0.29, 0.717) is 18.8 Å². The van der Waals surface area contributed by atoms with Gasteiger partial charge >= 0.3 is 0 Å². The third kappa shape index (κ3) is 3.14. The summed E-state index contributed by atoms with van der Waals surface area (Å²) in [6.45, 7) is 4.87. The van der Waals surface area contributed by atoms with Gasteiger partial charge in [-0.25, -0.2) is 0 Å². The van der Waals surface area contributed by atoms with Gasteiger partial charge in [0.25, 0.3) is 5.91 Å². The molecule has 5 rings (SSSR count). The number of aryl methyl sites for hydroxylation is 1. The van der Waals surface area contributed by atoms with Crippen LogP contribution >= 0.6 is 11.3 Å². The summed E-state index contributed by atoms with van der Waals surface area (Å²) >= 11 is 1.62. The van der Waals surface area contributed by atoms with Crippen molar-refractivity contribution in [3.05, 3.63) is 58.6 Å². The van der Waals surface area contributed by atoms with E-state index in [9.17, 15) is 9.59 Å². The maximum atomic E-state index is 13.7. The number of aromatic nitrogens is 1. The summed E-state index contributed by atoms with van der Waals surface area (Å²) in [7, 11) is 0. The lowest BCUT2D eigenvalue weighted by atomic mass is 9.93. The van der Waals surface area contributed by atoms with Crippen LogP contribution in [-0.2, 0) is 17.9 Å². The van der Waals surface area contributed by atoms with Crippen LogP contribution in [-0.4, -0.2) is 32.9 Å². The second-order valence-electron chi connectivity index (χ2n) is 8.91. The van der Waals surface area contributed by atoms with Gasteiger partial charge in [-0.1, -0.05) is 42.7 Å². The topological polar surface area (TPSA) is 54.3 Å². The Bertz CT molecular complexity index is 1120. The molecule has 3 heterocycles. The van der Waals surface area contributed by atoms with Crippen molar-refractivity contribution >= 4 is 33.4 Å². The molecule has 3 aromatic rings. The third-order valence-corrected chi connectivity index (χ3v) is 7.58. The fourth-order valence-corrected chi connectivity index (χ4v) is 5.81. The number of amides is 2. The van der Waals surface area contributed by atoms with Crippen LogP contribution < -0.4 is 5.32 Å². The quantitative estimate of drug-likeness (QED) is 0.675. The number of carbonyl (C=O) groups excluding carboxylic acids is 2. The van der Waals surface area contributed by atoms with Crippen LogP contribution in [0.3, 0.4) is 0 Å². The number of fused-ring (bicyclic) bond motifs is 3. The van der Waals surface area contributed by atoms with Crippen molar-refractivity contribution in [2.75, 3.05) is 0 Å². The summed E-state index contributed by atoms with van der Waals surface area (Å²) < 4.78 is 2.04. The molecule has 1 saturated carbocycles. The average molecular weight is 422 g/mol. The van der Waals surface area contributed by atoms with Crippen molar-refractivity contribution in [1.82, 2.24) is 14.8 Å². The number of hydrogen-bond donors (Lipinski definition) is 1. The fraction of sp³-hybridized carbons (Fsp3) is 0.417. The fourth-order valence-electron chi connectivity index (χ4n) is 4.91. The highest BCUT2D eigenvalue weighted by molar-refractivity contribution is 7.16. The average Bonchev–Trinajstić information content (AvgIpc) is 3.44. The molecule has 1 aliphatic heterocycles. The zero-order chi connectivity index (χ0) is 20.9. The SMILES string of the molecule is Cc1cccc(CN2C(=O)c3cc4ccsc4n3C[C@@]2(C)C(=O)NC2CCCC2)c1. The first-order chi connectivity index (χ1) is 14.5. The van der Waals surface area contributed by atoms with Gasteiger partial charge in [0, 0.05) is 18.0 Å². The molecular formula is C24H27N3O2S. The number of nitrogens with zero attached hydrogens (tertiary/aromatic N) is 2. The molecule has 30 heavy (non-hydrogen) atoms. The van der Waals surface area contributed by atoms with Crippen LogP contribution in [0.2, 0.25) is 0 Å². The maximum Gasteiger partial charge on any atom is 0.271 e. The second-order valence-corrected chi connectivity index (χ2v) is 9.80. The number of nitrogens with one attached hydrogen (secondary N) is 1. The van der Waals surface area contributed by atoms with Crippen LogP contribution in [0, 0.1) is 6.92 Å². The van der Waals surface area contributed by atoms with Gasteiger partial charge in [0.2, 0.25) is 5.91 Å². The monoisotopic (exact) mass is 421 g/mol. The molecule has 0 radical (unpaired) electrons. The summed E-state index contributed by atoms with van der Waals surface area (Å²) in [5.41, 5.74) is 1.94. The molecular weight excluding hydrogens is 394 g/mol. The molecule has 1 atom stereocenters. The van der Waals surface area contributed by atoms with Crippen LogP contribution in [0.1, 0.15) is 54.2 Å². The van der Waals surface area contributed by atoms with Crippen molar-refractivity contribution in [1.29, 1.82) is 0 Å². The molecule has 0 spiro atoms. The summed E-state index contributed by atoms with van der Waals surface area (Å²) in [6, 6.07) is 12.4. The van der Waals surface area contributed by atoms with E-state index < -0.39 is 5.54 Å². The molecule has 0 unspecified atom stereocenters. The summed E-state index contributed by atoms with van der Waals surface area (Å²) in [5, 5.41) is 6.37. The Hall–Kier alpha value is -2.60. The molecule has 1 N–H and O–H groups in total. The van der Waals surface area contributed by atoms with E-state index in [1.807, 2.05) is 54.1 Å². The van der Waals surface area contributed by atoms with Gasteiger partial charge in [0.1, 0.15) is 16.1 Å². The molecule has 1 aliphatic carbocycles. The summed E-state index contributed by atoms with van der Waals surface area (Å²) in [4.78, 5) is 30.1. The zero-order valence-corrected chi connectivity index (χ0v) is 18.3. The number of thiophene rings is 1. The zero-order valence-electron chi connectivity index (χ0n) is 17.5. The molecule has 2 aromatic heterocycles. The summed E-state index contributed by atoms with van der Waals surface area (Å²) in [6.07, 6.45) is 4.37. The van der Waals surface area contributed by atoms with Gasteiger partial charge in [0.05, 0.1) is 6.54 Å². The Morgan fingerprint density at radius 3 is 2.80 bits per heavy atom. The van der Waals surface area contributed by atoms with Crippen LogP contribution in [0.5, 0.6) is 0 Å². The molecule has 6 heteroatoms. The van der Waals surface area contributed by atoms with Crippen LogP contribution in [0.4, 0.5) is 0 Å². The molecule has 2 amide bonds. The molecule has 2 aliphatic rings. The largest absolute Gasteiger partial charge is 0.351 e. The number of benzene rings is 1. The highest BCUT2D eigenvalue weighted by atomic mass is 32.1. The van der Waals surface area contributed by atoms with Crippen molar-refractivity contribution in [2.24, 2.45) is 0 Å². The Kier molecular flexibility index (Phi) is 4.69. The number of carbonyl (C=O) groups is 2. The highest BCUT2D eigenvalue weighted by Crippen LogP contribution is 2.35. The molecule has 0 saturated heterocycles. The van der Waals surface area contributed by atoms with E-state index in [2.05, 4.69) is 11.4 Å². The van der Waals surface area contributed by atoms with E-state index in [0.717, 1.165) is 47.0 Å². The lowest BCUT2D eigenvalue weighted by Crippen LogP contribution is -2.64. The lowest BCUT2D eigenvalue weighted by molar-refractivity contribution is -0.133. The molecule has 5 nitrogen and oxygen atoms in total. The van der Waals surface area contributed by atoms with E-state index in [4.69, 9.17) is 0 Å². The predicted octanol–water partition coefficient (Wildman–Crippen LogP) is 4.48. The second kappa shape index (κ2) is 7.27. The molecule has 1 fully saturated rings. The van der Waals surface area contributed by atoms with Crippen molar-refractivity contribution < 1.29 is 9.59 Å². The van der Waals surface area contributed by atoms with Gasteiger partial charge in [-0.15, -0.1) is 11.3 Å². The smallest absolute Gasteiger partial charge is 0.271 e. The van der Waals surface area contributed by atoms with E-state index >= 15 is 0 Å². The van der Waals surface area contributed by atoms with Crippen molar-refractivity contribution in [3.8, 4) is 0 Å². The maximum absolute atomic E-state index is 13.7. The van der Waals surface area contributed by atoms with Crippen LogP contribution in [0.15, 0.2) is 41.8 Å².